The van der Waals surface area contributed by atoms with Crippen LogP contribution in [-0.2, 0) is 29.7 Å². The Labute approximate surface area is 224 Å². The average Bonchev–Trinajstić information content (AvgIpc) is 3.55. The highest BCUT2D eigenvalue weighted by Crippen LogP contribution is 2.35. The van der Waals surface area contributed by atoms with Crippen LogP contribution in [0.15, 0.2) is 91.3 Å². The van der Waals surface area contributed by atoms with Gasteiger partial charge in [-0.15, -0.1) is 0 Å². The molecule has 0 bridgehead atoms. The molecule has 0 radical (unpaired) electrons. The van der Waals surface area contributed by atoms with Crippen molar-refractivity contribution in [3.05, 3.63) is 114 Å². The highest BCUT2D eigenvalue weighted by atomic mass is 16.1. The largest absolute Gasteiger partial charge is 0.356 e. The van der Waals surface area contributed by atoms with Crippen LogP contribution in [0.25, 0.3) is 10.9 Å². The fourth-order valence-corrected chi connectivity index (χ4v) is 5.84. The number of carbonyl (C=O) groups is 1. The third kappa shape index (κ3) is 4.98. The summed E-state index contributed by atoms with van der Waals surface area (Å²) in [7, 11) is 0. The van der Waals surface area contributed by atoms with Crippen LogP contribution in [0.3, 0.4) is 0 Å². The second-order valence-corrected chi connectivity index (χ2v) is 11.2. The van der Waals surface area contributed by atoms with Gasteiger partial charge in [0.2, 0.25) is 5.91 Å². The number of benzene rings is 2. The number of para-hydroxylation sites is 1. The maximum absolute atomic E-state index is 12.6. The summed E-state index contributed by atoms with van der Waals surface area (Å²) >= 11 is 0. The summed E-state index contributed by atoms with van der Waals surface area (Å²) in [6, 6.07) is 19.1. The number of allylic oxidation sites excluding steroid dienone is 4. The number of nitrogens with zero attached hydrogens (tertiary/aromatic N) is 3. The van der Waals surface area contributed by atoms with E-state index in [1.165, 1.54) is 22.0 Å². The lowest BCUT2D eigenvalue weighted by molar-refractivity contribution is -0.121. The minimum atomic E-state index is -0.197. The van der Waals surface area contributed by atoms with Crippen molar-refractivity contribution in [2.75, 3.05) is 6.54 Å². The van der Waals surface area contributed by atoms with Crippen LogP contribution >= 0.6 is 0 Å². The Kier molecular flexibility index (Phi) is 6.52. The third-order valence-corrected chi connectivity index (χ3v) is 8.22. The highest BCUT2D eigenvalue weighted by molar-refractivity contribution is 5.80. The molecule has 0 fully saturated rings. The molecule has 194 valence electrons. The van der Waals surface area contributed by atoms with Crippen molar-refractivity contribution < 1.29 is 4.79 Å². The lowest BCUT2D eigenvalue weighted by atomic mass is 9.79. The van der Waals surface area contributed by atoms with Gasteiger partial charge in [-0.2, -0.15) is 0 Å². The predicted molar refractivity (Wildman–Crippen MR) is 153 cm³/mol. The number of hydrogen-bond donors (Lipinski definition) is 1. The number of amides is 1. The first kappa shape index (κ1) is 24.5. The molecule has 6 rings (SSSR count). The summed E-state index contributed by atoms with van der Waals surface area (Å²) in [6.07, 6.45) is 16.0. The third-order valence-electron chi connectivity index (χ3n) is 8.22. The number of fused-ring (bicyclic) bond motifs is 2. The van der Waals surface area contributed by atoms with Crippen molar-refractivity contribution >= 4 is 16.8 Å². The van der Waals surface area contributed by atoms with Crippen molar-refractivity contribution in [1.29, 1.82) is 0 Å². The lowest BCUT2D eigenvalue weighted by Gasteiger charge is -2.25. The Morgan fingerprint density at radius 2 is 1.95 bits per heavy atom. The number of carbonyl (C=O) groups excluding carboxylic acids is 1. The predicted octanol–water partition coefficient (Wildman–Crippen LogP) is 6.08. The molecular weight excluding hydrogens is 468 g/mol. The van der Waals surface area contributed by atoms with Crippen molar-refractivity contribution in [3.8, 4) is 0 Å². The topological polar surface area (TPSA) is 51.9 Å². The maximum atomic E-state index is 12.6. The molecule has 4 aromatic rings. The Morgan fingerprint density at radius 1 is 1.11 bits per heavy atom. The first-order valence-corrected chi connectivity index (χ1v) is 13.8. The molecule has 3 heterocycles. The molecule has 1 N–H and O–H groups in total. The lowest BCUT2D eigenvalue weighted by Crippen LogP contribution is -2.34. The van der Waals surface area contributed by atoms with Gasteiger partial charge in [0.15, 0.2) is 0 Å². The molecule has 2 aromatic heterocycles. The Balaban J connectivity index is 1.04. The van der Waals surface area contributed by atoms with Gasteiger partial charge in [-0.3, -0.25) is 4.79 Å². The molecule has 2 aromatic carbocycles. The van der Waals surface area contributed by atoms with E-state index >= 15 is 0 Å². The second-order valence-electron chi connectivity index (χ2n) is 11.2. The van der Waals surface area contributed by atoms with Gasteiger partial charge in [0.25, 0.3) is 0 Å². The van der Waals surface area contributed by atoms with E-state index < -0.39 is 0 Å². The molecule has 5 nitrogen and oxygen atoms in total. The van der Waals surface area contributed by atoms with Crippen molar-refractivity contribution in [1.82, 2.24) is 19.4 Å². The normalized spacial score (nSPS) is 22.5. The van der Waals surface area contributed by atoms with Gasteiger partial charge in [0, 0.05) is 61.7 Å². The quantitative estimate of drug-likeness (QED) is 0.310. The van der Waals surface area contributed by atoms with Crippen molar-refractivity contribution in [2.24, 2.45) is 5.92 Å². The molecule has 0 saturated heterocycles. The number of hydrogen-bond acceptors (Lipinski definition) is 2. The minimum Gasteiger partial charge on any atom is -0.356 e. The van der Waals surface area contributed by atoms with Gasteiger partial charge in [-0.1, -0.05) is 72.3 Å². The van der Waals surface area contributed by atoms with Gasteiger partial charge in [-0.25, -0.2) is 4.98 Å². The fraction of sp³-hybridized carbons (Fsp3) is 0.333. The number of aromatic nitrogens is 3. The van der Waals surface area contributed by atoms with E-state index in [1.54, 1.807) is 0 Å². The van der Waals surface area contributed by atoms with Gasteiger partial charge >= 0.3 is 0 Å². The molecule has 2 aliphatic rings. The molecule has 0 spiro atoms. The van der Waals surface area contributed by atoms with Gasteiger partial charge in [0.05, 0.1) is 5.69 Å². The number of aryl methyl sites for hydroxylation is 3. The van der Waals surface area contributed by atoms with Crippen molar-refractivity contribution in [3.63, 3.8) is 0 Å². The molecule has 1 aliphatic heterocycles. The van der Waals surface area contributed by atoms with E-state index in [-0.39, 0.29) is 11.3 Å². The molecular formula is C33H36N4O. The zero-order valence-electron chi connectivity index (χ0n) is 22.3. The highest BCUT2D eigenvalue weighted by Gasteiger charge is 2.30. The molecule has 0 saturated carbocycles. The van der Waals surface area contributed by atoms with Crippen LogP contribution in [0.4, 0.5) is 0 Å². The second kappa shape index (κ2) is 10.1. The zero-order chi connectivity index (χ0) is 26.1. The number of imidazole rings is 1. The van der Waals surface area contributed by atoms with Crippen LogP contribution in [0.2, 0.25) is 0 Å². The standard InChI is InChI=1S/C33H36N4O/c1-24-6-5-8-28(20-24)26-12-16-33(2,17-13-26)30-23-37-22-25(10-11-31(37)35-30)21-34-32(38)15-19-36-18-14-27-7-3-4-9-29(27)36/h3-9,12-14,16-18,20,23,25-26H,10-11,15,19,21-22H2,1-2H3,(H,34,38). The number of nitrogens with one attached hydrogen (secondary N) is 1. The van der Waals surface area contributed by atoms with E-state index in [1.807, 2.05) is 12.1 Å². The summed E-state index contributed by atoms with van der Waals surface area (Å²) in [4.78, 5) is 17.6. The van der Waals surface area contributed by atoms with E-state index in [0.717, 1.165) is 30.9 Å². The molecule has 38 heavy (non-hydrogen) atoms. The van der Waals surface area contributed by atoms with Gasteiger partial charge in [-0.05, 0) is 49.3 Å². The Hall–Kier alpha value is -3.86. The van der Waals surface area contributed by atoms with Crippen LogP contribution in [0.5, 0.6) is 0 Å². The first-order valence-electron chi connectivity index (χ1n) is 13.8. The Bertz CT molecular complexity index is 1510. The molecule has 1 amide bonds. The van der Waals surface area contributed by atoms with E-state index in [0.29, 0.717) is 31.3 Å². The minimum absolute atomic E-state index is 0.119. The fourth-order valence-electron chi connectivity index (χ4n) is 5.84. The summed E-state index contributed by atoms with van der Waals surface area (Å²) in [6.45, 7) is 6.70. The summed E-state index contributed by atoms with van der Waals surface area (Å²) in [5.74, 6) is 2.01. The SMILES string of the molecule is Cc1cccc(C2C=CC(C)(c3cn4c(n3)CCC(CNC(=O)CCn3ccc5ccccc53)C4)C=C2)c1. The summed E-state index contributed by atoms with van der Waals surface area (Å²) < 4.78 is 4.47. The van der Waals surface area contributed by atoms with Gasteiger partial charge < -0.3 is 14.5 Å². The van der Waals surface area contributed by atoms with Crippen LogP contribution < -0.4 is 5.32 Å². The van der Waals surface area contributed by atoms with Gasteiger partial charge in [0.1, 0.15) is 5.82 Å². The van der Waals surface area contributed by atoms with Crippen molar-refractivity contribution in [2.45, 2.75) is 57.5 Å². The maximum Gasteiger partial charge on any atom is 0.221 e. The van der Waals surface area contributed by atoms with E-state index in [4.69, 9.17) is 4.98 Å². The zero-order valence-corrected chi connectivity index (χ0v) is 22.3. The average molecular weight is 505 g/mol. The summed E-state index contributed by atoms with van der Waals surface area (Å²) in [5.41, 5.74) is 4.70. The smallest absolute Gasteiger partial charge is 0.221 e. The Morgan fingerprint density at radius 3 is 2.79 bits per heavy atom. The summed E-state index contributed by atoms with van der Waals surface area (Å²) in [5, 5.41) is 4.40. The number of rotatable bonds is 7. The molecule has 1 aliphatic carbocycles. The molecule has 5 heteroatoms. The van der Waals surface area contributed by atoms with Crippen LogP contribution in [0.1, 0.15) is 48.3 Å². The monoisotopic (exact) mass is 504 g/mol. The van der Waals surface area contributed by atoms with Crippen LogP contribution in [-0.4, -0.2) is 26.6 Å². The van der Waals surface area contributed by atoms with E-state index in [2.05, 4.69) is 107 Å². The first-order chi connectivity index (χ1) is 18.5. The molecule has 1 atom stereocenters. The molecule has 1 unspecified atom stereocenters. The van der Waals surface area contributed by atoms with Crippen LogP contribution in [0, 0.1) is 12.8 Å². The van der Waals surface area contributed by atoms with E-state index in [9.17, 15) is 4.79 Å².